The molecule has 0 fully saturated rings. The van der Waals surface area contributed by atoms with Gasteiger partial charge in [0.25, 0.3) is 0 Å². The van der Waals surface area contributed by atoms with Gasteiger partial charge in [0.2, 0.25) is 10.0 Å². The maximum Gasteiger partial charge on any atom is 0.238 e. The zero-order valence-corrected chi connectivity index (χ0v) is 12.4. The van der Waals surface area contributed by atoms with Crippen molar-refractivity contribution in [3.8, 4) is 0 Å². The van der Waals surface area contributed by atoms with Crippen LogP contribution in [0, 0.1) is 0 Å². The molecule has 0 saturated heterocycles. The number of hydrogen-bond donors (Lipinski definition) is 1. The Morgan fingerprint density at radius 1 is 0.909 bits per heavy atom. The van der Waals surface area contributed by atoms with Gasteiger partial charge in [-0.05, 0) is 42.5 Å². The first-order valence-corrected chi connectivity index (χ1v) is 8.08. The van der Waals surface area contributed by atoms with Crippen molar-refractivity contribution in [2.45, 2.75) is 4.90 Å². The van der Waals surface area contributed by atoms with Crippen molar-refractivity contribution in [3.63, 3.8) is 0 Å². The summed E-state index contributed by atoms with van der Waals surface area (Å²) < 4.78 is 22.7. The van der Waals surface area contributed by atoms with Gasteiger partial charge in [-0.3, -0.25) is 0 Å². The second-order valence-electron chi connectivity index (χ2n) is 4.61. The van der Waals surface area contributed by atoms with Gasteiger partial charge in [-0.2, -0.15) is 9.89 Å². The van der Waals surface area contributed by atoms with Crippen LogP contribution in [-0.4, -0.2) is 18.3 Å². The number of rotatable bonds is 4. The summed E-state index contributed by atoms with van der Waals surface area (Å²) in [5, 5.41) is 11.2. The first-order valence-electron chi connectivity index (χ1n) is 6.54. The van der Waals surface area contributed by atoms with Crippen LogP contribution in [0.3, 0.4) is 0 Å². The van der Waals surface area contributed by atoms with Gasteiger partial charge < -0.3 is 0 Å². The van der Waals surface area contributed by atoms with Crippen molar-refractivity contribution in [2.75, 3.05) is 5.01 Å². The fraction of sp³-hybridized carbons (Fsp3) is 0. The number of benzene rings is 2. The SMILES string of the molecule is NS(=O)(=O)c1ccc(N(c2ccccc2)n2cccn2)cc1. The standard InChI is InChI=1S/C15H14N4O2S/c16-22(20,21)15-9-7-14(8-10-15)19(18-12-4-11-17-18)13-5-2-1-3-6-13/h1-12H,(H2,16,20,21). The molecule has 0 spiro atoms. The molecule has 0 aliphatic carbocycles. The van der Waals surface area contributed by atoms with Crippen molar-refractivity contribution in [1.82, 2.24) is 9.89 Å². The quantitative estimate of drug-likeness (QED) is 0.800. The molecule has 0 atom stereocenters. The van der Waals surface area contributed by atoms with Gasteiger partial charge in [-0.15, -0.1) is 0 Å². The van der Waals surface area contributed by atoms with Crippen molar-refractivity contribution >= 4 is 21.4 Å². The first-order chi connectivity index (χ1) is 10.6. The van der Waals surface area contributed by atoms with E-state index in [0.717, 1.165) is 11.4 Å². The molecule has 2 aromatic carbocycles. The predicted molar refractivity (Wildman–Crippen MR) is 84.0 cm³/mol. The maximum absolute atomic E-state index is 11.4. The second-order valence-corrected chi connectivity index (χ2v) is 6.17. The zero-order valence-electron chi connectivity index (χ0n) is 11.6. The molecule has 3 rings (SSSR count). The molecule has 112 valence electrons. The summed E-state index contributed by atoms with van der Waals surface area (Å²) in [6.07, 6.45) is 3.48. The Hall–Kier alpha value is -2.64. The monoisotopic (exact) mass is 314 g/mol. The number of nitrogens with zero attached hydrogens (tertiary/aromatic N) is 3. The minimum Gasteiger partial charge on any atom is -0.234 e. The molecule has 7 heteroatoms. The third kappa shape index (κ3) is 2.85. The molecular weight excluding hydrogens is 300 g/mol. The van der Waals surface area contributed by atoms with Crippen LogP contribution in [0.4, 0.5) is 11.4 Å². The lowest BCUT2D eigenvalue weighted by Crippen LogP contribution is -2.24. The molecule has 0 bridgehead atoms. The van der Waals surface area contributed by atoms with Crippen molar-refractivity contribution in [1.29, 1.82) is 0 Å². The summed E-state index contributed by atoms with van der Waals surface area (Å²) in [5.74, 6) is 0. The Labute approximate surface area is 128 Å². The summed E-state index contributed by atoms with van der Waals surface area (Å²) in [6, 6.07) is 17.8. The van der Waals surface area contributed by atoms with Gasteiger partial charge >= 0.3 is 0 Å². The maximum atomic E-state index is 11.4. The van der Waals surface area contributed by atoms with E-state index >= 15 is 0 Å². The molecule has 0 unspecified atom stereocenters. The topological polar surface area (TPSA) is 81.2 Å². The Kier molecular flexibility index (Phi) is 3.66. The summed E-state index contributed by atoms with van der Waals surface area (Å²) in [4.78, 5) is 1.74. The lowest BCUT2D eigenvalue weighted by atomic mass is 10.2. The molecule has 1 heterocycles. The van der Waals surface area contributed by atoms with Gasteiger partial charge in [0, 0.05) is 6.20 Å². The number of nitrogens with two attached hydrogens (primary N) is 1. The van der Waals surface area contributed by atoms with Crippen LogP contribution in [0.5, 0.6) is 0 Å². The van der Waals surface area contributed by atoms with Gasteiger partial charge in [0.05, 0.1) is 22.5 Å². The third-order valence-electron chi connectivity index (χ3n) is 3.11. The number of anilines is 2. The van der Waals surface area contributed by atoms with Crippen LogP contribution >= 0.6 is 0 Å². The first kappa shape index (κ1) is 14.3. The van der Waals surface area contributed by atoms with Crippen molar-refractivity contribution in [3.05, 3.63) is 73.1 Å². The Bertz CT molecular complexity index is 844. The van der Waals surface area contributed by atoms with Crippen LogP contribution in [0.2, 0.25) is 0 Å². The van der Waals surface area contributed by atoms with Crippen LogP contribution in [-0.2, 0) is 10.0 Å². The second kappa shape index (κ2) is 5.63. The largest absolute Gasteiger partial charge is 0.238 e. The van der Waals surface area contributed by atoms with E-state index in [0.29, 0.717) is 0 Å². The Morgan fingerprint density at radius 2 is 1.55 bits per heavy atom. The number of para-hydroxylation sites is 1. The molecule has 0 aliphatic heterocycles. The third-order valence-corrected chi connectivity index (χ3v) is 4.04. The fourth-order valence-electron chi connectivity index (χ4n) is 2.11. The minimum atomic E-state index is -3.70. The minimum absolute atomic E-state index is 0.0738. The van der Waals surface area contributed by atoms with Gasteiger partial charge in [-0.25, -0.2) is 18.6 Å². The highest BCUT2D eigenvalue weighted by molar-refractivity contribution is 7.89. The number of sulfonamides is 1. The summed E-state index contributed by atoms with van der Waals surface area (Å²) in [7, 11) is -3.70. The zero-order chi connectivity index (χ0) is 15.6. The van der Waals surface area contributed by atoms with Crippen LogP contribution < -0.4 is 10.1 Å². The average Bonchev–Trinajstić information content (AvgIpc) is 3.02. The van der Waals surface area contributed by atoms with E-state index in [1.165, 1.54) is 12.1 Å². The van der Waals surface area contributed by atoms with Gasteiger partial charge in [0.15, 0.2) is 0 Å². The van der Waals surface area contributed by atoms with Crippen molar-refractivity contribution in [2.24, 2.45) is 5.14 Å². The molecule has 0 radical (unpaired) electrons. The summed E-state index contributed by atoms with van der Waals surface area (Å²) >= 11 is 0. The van der Waals surface area contributed by atoms with E-state index in [1.807, 2.05) is 41.4 Å². The number of primary sulfonamides is 1. The van der Waals surface area contributed by atoms with Gasteiger partial charge in [-0.1, -0.05) is 18.2 Å². The van der Waals surface area contributed by atoms with Crippen LogP contribution in [0.15, 0.2) is 78.0 Å². The number of hydrogen-bond acceptors (Lipinski definition) is 4. The van der Waals surface area contributed by atoms with E-state index in [1.54, 1.807) is 29.3 Å². The molecular formula is C15H14N4O2S. The highest BCUT2D eigenvalue weighted by atomic mass is 32.2. The van der Waals surface area contributed by atoms with E-state index < -0.39 is 10.0 Å². The highest BCUT2D eigenvalue weighted by Crippen LogP contribution is 2.26. The van der Waals surface area contributed by atoms with Crippen LogP contribution in [0.25, 0.3) is 0 Å². The molecule has 0 aliphatic rings. The van der Waals surface area contributed by atoms with E-state index in [4.69, 9.17) is 5.14 Å². The Morgan fingerprint density at radius 3 is 2.09 bits per heavy atom. The predicted octanol–water partition coefficient (Wildman–Crippen LogP) is 2.13. The summed E-state index contributed by atoms with van der Waals surface area (Å²) in [5.41, 5.74) is 1.66. The molecule has 3 aromatic rings. The fourth-order valence-corrected chi connectivity index (χ4v) is 2.63. The molecule has 2 N–H and O–H groups in total. The lowest BCUT2D eigenvalue weighted by molar-refractivity contribution is 0.598. The van der Waals surface area contributed by atoms with Crippen LogP contribution in [0.1, 0.15) is 0 Å². The molecule has 0 amide bonds. The summed E-state index contributed by atoms with van der Waals surface area (Å²) in [6.45, 7) is 0. The number of aromatic nitrogens is 2. The molecule has 22 heavy (non-hydrogen) atoms. The van der Waals surface area contributed by atoms with Gasteiger partial charge in [0.1, 0.15) is 0 Å². The van der Waals surface area contributed by atoms with E-state index in [9.17, 15) is 8.42 Å². The normalized spacial score (nSPS) is 11.3. The molecule has 6 nitrogen and oxygen atoms in total. The lowest BCUT2D eigenvalue weighted by Gasteiger charge is -2.24. The highest BCUT2D eigenvalue weighted by Gasteiger charge is 2.13. The van der Waals surface area contributed by atoms with E-state index in [-0.39, 0.29) is 4.90 Å². The average molecular weight is 314 g/mol. The van der Waals surface area contributed by atoms with E-state index in [2.05, 4.69) is 5.10 Å². The Balaban J connectivity index is 2.07. The van der Waals surface area contributed by atoms with Crippen molar-refractivity contribution < 1.29 is 8.42 Å². The molecule has 1 aromatic heterocycles. The smallest absolute Gasteiger partial charge is 0.234 e. The molecule has 0 saturated carbocycles.